The Morgan fingerprint density at radius 3 is 2.50 bits per heavy atom. The molecule has 1 heterocycles. The zero-order chi connectivity index (χ0) is 18.4. The van der Waals surface area contributed by atoms with E-state index in [0.717, 1.165) is 11.4 Å². The number of hydrogen-bond donors (Lipinski definition) is 2. The van der Waals surface area contributed by atoms with Crippen molar-refractivity contribution in [3.05, 3.63) is 54.3 Å². The molecule has 6 nitrogen and oxygen atoms in total. The molecule has 0 bridgehead atoms. The average molecular weight is 390 g/mol. The molecule has 9 heteroatoms. The van der Waals surface area contributed by atoms with E-state index in [0.29, 0.717) is 15.2 Å². The zero-order valence-corrected chi connectivity index (χ0v) is 15.4. The summed E-state index contributed by atoms with van der Waals surface area (Å²) >= 11 is 2.64. The van der Waals surface area contributed by atoms with Crippen molar-refractivity contribution in [3.8, 4) is 5.75 Å². The Balaban J connectivity index is 1.49. The van der Waals surface area contributed by atoms with Crippen LogP contribution in [0, 0.1) is 5.82 Å². The first kappa shape index (κ1) is 18.2. The molecule has 134 valence electrons. The van der Waals surface area contributed by atoms with Crippen molar-refractivity contribution in [1.82, 2.24) is 10.2 Å². The van der Waals surface area contributed by atoms with Crippen molar-refractivity contribution in [2.75, 3.05) is 23.5 Å². The molecule has 0 saturated heterocycles. The van der Waals surface area contributed by atoms with Crippen LogP contribution in [0.15, 0.2) is 52.9 Å². The number of anilines is 3. The Hall–Kier alpha value is -2.65. The van der Waals surface area contributed by atoms with Gasteiger partial charge in [-0.05, 0) is 48.5 Å². The number of aromatic nitrogens is 2. The number of rotatable bonds is 7. The summed E-state index contributed by atoms with van der Waals surface area (Å²) in [5, 5.41) is 14.6. The topological polar surface area (TPSA) is 76.1 Å². The van der Waals surface area contributed by atoms with Crippen LogP contribution in [0.2, 0.25) is 0 Å². The highest BCUT2D eigenvalue weighted by Gasteiger charge is 2.09. The predicted octanol–water partition coefficient (Wildman–Crippen LogP) is 4.16. The van der Waals surface area contributed by atoms with E-state index in [1.54, 1.807) is 7.11 Å². The number of nitrogens with one attached hydrogen (secondary N) is 2. The Morgan fingerprint density at radius 2 is 1.81 bits per heavy atom. The molecule has 0 fully saturated rings. The highest BCUT2D eigenvalue weighted by molar-refractivity contribution is 8.01. The summed E-state index contributed by atoms with van der Waals surface area (Å²) in [5.74, 6) is 0.426. The highest BCUT2D eigenvalue weighted by atomic mass is 32.2. The SMILES string of the molecule is COc1ccc(Nc2nnc(SCC(=O)Nc3ccc(F)cc3)s2)cc1. The van der Waals surface area contributed by atoms with E-state index >= 15 is 0 Å². The van der Waals surface area contributed by atoms with E-state index in [2.05, 4.69) is 20.8 Å². The van der Waals surface area contributed by atoms with E-state index in [-0.39, 0.29) is 17.5 Å². The van der Waals surface area contributed by atoms with Crippen molar-refractivity contribution in [2.24, 2.45) is 0 Å². The number of carbonyl (C=O) groups is 1. The fourth-order valence-electron chi connectivity index (χ4n) is 1.97. The number of hydrogen-bond acceptors (Lipinski definition) is 7. The number of carbonyl (C=O) groups excluding carboxylic acids is 1. The van der Waals surface area contributed by atoms with Gasteiger partial charge in [0.25, 0.3) is 0 Å². The molecular formula is C17H15FN4O2S2. The van der Waals surface area contributed by atoms with Crippen LogP contribution < -0.4 is 15.4 Å². The van der Waals surface area contributed by atoms with Gasteiger partial charge < -0.3 is 15.4 Å². The lowest BCUT2D eigenvalue weighted by atomic mass is 10.3. The van der Waals surface area contributed by atoms with Gasteiger partial charge in [-0.25, -0.2) is 4.39 Å². The molecule has 3 rings (SSSR count). The number of methoxy groups -OCH3 is 1. The van der Waals surface area contributed by atoms with E-state index in [1.807, 2.05) is 24.3 Å². The molecule has 0 aliphatic carbocycles. The molecule has 2 aromatic carbocycles. The lowest BCUT2D eigenvalue weighted by Gasteiger charge is -2.04. The van der Waals surface area contributed by atoms with Gasteiger partial charge in [0.2, 0.25) is 11.0 Å². The van der Waals surface area contributed by atoms with Gasteiger partial charge in [0.05, 0.1) is 12.9 Å². The molecule has 0 aliphatic heterocycles. The third-order valence-corrected chi connectivity index (χ3v) is 5.17. The molecule has 0 atom stereocenters. The van der Waals surface area contributed by atoms with Gasteiger partial charge in [0.15, 0.2) is 4.34 Å². The standard InChI is InChI=1S/C17H15FN4O2S2/c1-24-14-8-6-13(7-9-14)20-16-21-22-17(26-16)25-10-15(23)19-12-4-2-11(18)3-5-12/h2-9H,10H2,1H3,(H,19,23)(H,20,21). The summed E-state index contributed by atoms with van der Waals surface area (Å²) in [5.41, 5.74) is 1.42. The van der Waals surface area contributed by atoms with Crippen molar-refractivity contribution < 1.29 is 13.9 Å². The first-order valence-electron chi connectivity index (χ1n) is 7.55. The number of halogens is 1. The number of ether oxygens (including phenoxy) is 1. The number of benzene rings is 2. The van der Waals surface area contributed by atoms with Crippen molar-refractivity contribution in [2.45, 2.75) is 4.34 Å². The quantitative estimate of drug-likeness (QED) is 0.590. The van der Waals surface area contributed by atoms with Crippen molar-refractivity contribution >= 4 is 45.5 Å². The Morgan fingerprint density at radius 1 is 1.12 bits per heavy atom. The summed E-state index contributed by atoms with van der Waals surface area (Å²) in [6.45, 7) is 0. The zero-order valence-electron chi connectivity index (χ0n) is 13.7. The van der Waals surface area contributed by atoms with E-state index < -0.39 is 0 Å². The van der Waals surface area contributed by atoms with Gasteiger partial charge >= 0.3 is 0 Å². The Kier molecular flexibility index (Phi) is 6.03. The summed E-state index contributed by atoms with van der Waals surface area (Å²) in [4.78, 5) is 11.9. The van der Waals surface area contributed by atoms with Crippen LogP contribution in [0.3, 0.4) is 0 Å². The molecule has 3 aromatic rings. The van der Waals surface area contributed by atoms with Crippen LogP contribution in [0.25, 0.3) is 0 Å². The average Bonchev–Trinajstić information content (AvgIpc) is 3.10. The minimum atomic E-state index is -0.344. The van der Waals surface area contributed by atoms with Crippen LogP contribution in [0.4, 0.5) is 20.9 Å². The maximum absolute atomic E-state index is 12.8. The van der Waals surface area contributed by atoms with Gasteiger partial charge in [-0.15, -0.1) is 10.2 Å². The first-order chi connectivity index (χ1) is 12.6. The number of amides is 1. The molecule has 0 unspecified atom stereocenters. The van der Waals surface area contributed by atoms with E-state index in [1.165, 1.54) is 47.4 Å². The largest absolute Gasteiger partial charge is 0.497 e. The summed E-state index contributed by atoms with van der Waals surface area (Å²) in [6.07, 6.45) is 0. The van der Waals surface area contributed by atoms with E-state index in [4.69, 9.17) is 4.74 Å². The number of thioether (sulfide) groups is 1. The predicted molar refractivity (Wildman–Crippen MR) is 102 cm³/mol. The van der Waals surface area contributed by atoms with Gasteiger partial charge in [0.1, 0.15) is 11.6 Å². The van der Waals surface area contributed by atoms with Crippen LogP contribution in [-0.4, -0.2) is 29.0 Å². The summed E-state index contributed by atoms with van der Waals surface area (Å²) in [6, 6.07) is 13.1. The highest BCUT2D eigenvalue weighted by Crippen LogP contribution is 2.28. The molecule has 0 aliphatic rings. The monoisotopic (exact) mass is 390 g/mol. The third kappa shape index (κ3) is 5.17. The summed E-state index contributed by atoms with van der Waals surface area (Å²) in [7, 11) is 1.61. The molecule has 1 amide bonds. The maximum atomic E-state index is 12.8. The minimum absolute atomic E-state index is 0.189. The second-order valence-corrected chi connectivity index (χ2v) is 7.27. The summed E-state index contributed by atoms with van der Waals surface area (Å²) < 4.78 is 18.6. The molecular weight excluding hydrogens is 375 g/mol. The normalized spacial score (nSPS) is 10.4. The third-order valence-electron chi connectivity index (χ3n) is 3.20. The van der Waals surface area contributed by atoms with Gasteiger partial charge in [-0.2, -0.15) is 0 Å². The van der Waals surface area contributed by atoms with Crippen molar-refractivity contribution in [1.29, 1.82) is 0 Å². The maximum Gasteiger partial charge on any atom is 0.234 e. The van der Waals surface area contributed by atoms with Gasteiger partial charge in [-0.3, -0.25) is 4.79 Å². The molecule has 0 saturated carbocycles. The Bertz CT molecular complexity index is 869. The van der Waals surface area contributed by atoms with Crippen LogP contribution in [0.1, 0.15) is 0 Å². The van der Waals surface area contributed by atoms with Crippen molar-refractivity contribution in [3.63, 3.8) is 0 Å². The molecule has 26 heavy (non-hydrogen) atoms. The second kappa shape index (κ2) is 8.63. The van der Waals surface area contributed by atoms with Crippen LogP contribution in [0.5, 0.6) is 5.75 Å². The molecule has 0 spiro atoms. The lowest BCUT2D eigenvalue weighted by Crippen LogP contribution is -2.13. The van der Waals surface area contributed by atoms with Crippen LogP contribution in [-0.2, 0) is 4.79 Å². The van der Waals surface area contributed by atoms with Gasteiger partial charge in [0, 0.05) is 11.4 Å². The fraction of sp³-hybridized carbons (Fsp3) is 0.118. The number of nitrogens with zero attached hydrogens (tertiary/aromatic N) is 2. The van der Waals surface area contributed by atoms with E-state index in [9.17, 15) is 9.18 Å². The molecule has 1 aromatic heterocycles. The van der Waals surface area contributed by atoms with Crippen LogP contribution >= 0.6 is 23.1 Å². The Labute approximate surface area is 157 Å². The lowest BCUT2D eigenvalue weighted by molar-refractivity contribution is -0.113. The molecule has 2 N–H and O–H groups in total. The van der Waals surface area contributed by atoms with Gasteiger partial charge in [-0.1, -0.05) is 23.1 Å². The minimum Gasteiger partial charge on any atom is -0.497 e. The molecule has 0 radical (unpaired) electrons. The second-order valence-electron chi connectivity index (χ2n) is 5.07. The fourth-order valence-corrected chi connectivity index (χ4v) is 3.55. The first-order valence-corrected chi connectivity index (χ1v) is 9.35. The smallest absolute Gasteiger partial charge is 0.234 e.